The molecule has 2 aromatic heterocycles. The van der Waals surface area contributed by atoms with E-state index in [0.29, 0.717) is 27.3 Å². The van der Waals surface area contributed by atoms with Gasteiger partial charge in [0.15, 0.2) is 4.80 Å². The molecule has 0 aliphatic carbocycles. The fraction of sp³-hybridized carbons (Fsp3) is 0.194. The molecular formula is C31H25N3O8S. The van der Waals surface area contributed by atoms with E-state index in [-0.39, 0.29) is 46.3 Å². The number of aromatic nitrogens is 1. The van der Waals surface area contributed by atoms with Gasteiger partial charge in [-0.15, -0.1) is 0 Å². The van der Waals surface area contributed by atoms with Crippen LogP contribution in [0.5, 0.6) is 5.75 Å². The van der Waals surface area contributed by atoms with Crippen LogP contribution in [0.15, 0.2) is 92.4 Å². The smallest absolute Gasteiger partial charge is 0.379 e. The number of methoxy groups -OCH3 is 1. The minimum Gasteiger partial charge on any atom is -0.460 e. The first-order valence-corrected chi connectivity index (χ1v) is 14.1. The van der Waals surface area contributed by atoms with E-state index in [1.807, 2.05) is 18.2 Å². The number of thiazole rings is 1. The number of fused-ring (bicyclic) bond motifs is 2. The Morgan fingerprint density at radius 2 is 1.77 bits per heavy atom. The Labute approximate surface area is 248 Å². The normalized spacial score (nSPS) is 17.0. The van der Waals surface area contributed by atoms with E-state index in [2.05, 4.69) is 4.99 Å². The molecule has 1 amide bonds. The minimum atomic E-state index is -0.931. The molecule has 0 N–H and O–H groups in total. The molecule has 0 spiro atoms. The van der Waals surface area contributed by atoms with Crippen LogP contribution < -0.4 is 24.5 Å². The third-order valence-corrected chi connectivity index (χ3v) is 8.20. The predicted molar refractivity (Wildman–Crippen MR) is 156 cm³/mol. The average Bonchev–Trinajstić information content (AvgIpc) is 3.71. The van der Waals surface area contributed by atoms with Crippen LogP contribution in [0.3, 0.4) is 0 Å². The summed E-state index contributed by atoms with van der Waals surface area (Å²) < 4.78 is 22.6. The van der Waals surface area contributed by atoms with Crippen LogP contribution >= 0.6 is 11.3 Å². The number of amides is 1. The number of rotatable bonds is 7. The number of hydrogen-bond donors (Lipinski definition) is 0. The summed E-state index contributed by atoms with van der Waals surface area (Å²) in [5.74, 6) is -1.35. The van der Waals surface area contributed by atoms with Gasteiger partial charge in [-0.2, -0.15) is 0 Å². The van der Waals surface area contributed by atoms with E-state index >= 15 is 0 Å². The van der Waals surface area contributed by atoms with Crippen molar-refractivity contribution in [3.63, 3.8) is 0 Å². The second-order valence-electron chi connectivity index (χ2n) is 9.72. The first-order chi connectivity index (χ1) is 20.8. The van der Waals surface area contributed by atoms with Gasteiger partial charge >= 0.3 is 11.9 Å². The number of ether oxygens (including phenoxy) is 3. The predicted octanol–water partition coefficient (Wildman–Crippen LogP) is 2.58. The molecule has 1 atom stereocenters. The Morgan fingerprint density at radius 3 is 2.49 bits per heavy atom. The monoisotopic (exact) mass is 599 g/mol. The maximum atomic E-state index is 14.2. The van der Waals surface area contributed by atoms with Gasteiger partial charge < -0.3 is 23.5 Å². The highest BCUT2D eigenvalue weighted by Gasteiger charge is 2.36. The highest BCUT2D eigenvalue weighted by atomic mass is 32.1. The highest BCUT2D eigenvalue weighted by Crippen LogP contribution is 2.35. The van der Waals surface area contributed by atoms with Crippen LogP contribution in [-0.2, 0) is 19.1 Å². The van der Waals surface area contributed by atoms with Crippen LogP contribution in [0.1, 0.15) is 34.6 Å². The second-order valence-corrected chi connectivity index (χ2v) is 10.7. The zero-order chi connectivity index (χ0) is 30.2. The number of likely N-dealkylation sites (N-methyl/N-ethyl adjacent to an activating group) is 1. The number of esters is 2. The molecule has 4 aromatic rings. The Hall–Kier alpha value is -5.07. The van der Waals surface area contributed by atoms with Crippen molar-refractivity contribution in [2.24, 2.45) is 4.99 Å². The molecule has 2 aliphatic heterocycles. The maximum absolute atomic E-state index is 14.2. The van der Waals surface area contributed by atoms with Crippen molar-refractivity contribution in [2.75, 3.05) is 32.3 Å². The molecule has 2 aromatic carbocycles. The number of para-hydroxylation sites is 1. The number of allylic oxidation sites excluding steroid dienone is 1. The fourth-order valence-corrected chi connectivity index (χ4v) is 6.24. The summed E-state index contributed by atoms with van der Waals surface area (Å²) in [5.41, 5.74) is 2.23. The summed E-state index contributed by atoms with van der Waals surface area (Å²) in [5, 5.41) is 0. The molecule has 1 unspecified atom stereocenters. The van der Waals surface area contributed by atoms with E-state index in [0.717, 1.165) is 11.3 Å². The summed E-state index contributed by atoms with van der Waals surface area (Å²) in [6.45, 7) is 1.87. The van der Waals surface area contributed by atoms with E-state index in [1.54, 1.807) is 50.4 Å². The molecule has 0 saturated heterocycles. The van der Waals surface area contributed by atoms with Crippen LogP contribution in [-0.4, -0.2) is 49.8 Å². The molecule has 43 heavy (non-hydrogen) atoms. The molecule has 11 nitrogen and oxygen atoms in total. The first-order valence-electron chi connectivity index (χ1n) is 13.2. The summed E-state index contributed by atoms with van der Waals surface area (Å²) in [4.78, 5) is 59.7. The number of furan rings is 1. The molecule has 218 valence electrons. The van der Waals surface area contributed by atoms with Crippen molar-refractivity contribution in [2.45, 2.75) is 13.0 Å². The van der Waals surface area contributed by atoms with Crippen molar-refractivity contribution in [1.29, 1.82) is 0 Å². The number of anilines is 1. The maximum Gasteiger partial charge on any atom is 0.379 e. The molecule has 0 bridgehead atoms. The van der Waals surface area contributed by atoms with Gasteiger partial charge in [-0.25, -0.2) is 14.6 Å². The van der Waals surface area contributed by atoms with Crippen molar-refractivity contribution >= 4 is 40.4 Å². The van der Waals surface area contributed by atoms with E-state index < -0.39 is 23.5 Å². The van der Waals surface area contributed by atoms with Crippen molar-refractivity contribution in [3.05, 3.63) is 115 Å². The second kappa shape index (κ2) is 11.3. The quantitative estimate of drug-likeness (QED) is 0.180. The molecule has 0 saturated carbocycles. The molecule has 2 aliphatic rings. The number of carbonyl (C=O) groups excluding carboxylic acids is 3. The molecule has 0 fully saturated rings. The third-order valence-electron chi connectivity index (χ3n) is 7.15. The van der Waals surface area contributed by atoms with Gasteiger partial charge in [-0.1, -0.05) is 41.7 Å². The fourth-order valence-electron chi connectivity index (χ4n) is 5.10. The van der Waals surface area contributed by atoms with Crippen LogP contribution in [0, 0.1) is 0 Å². The molecule has 4 heterocycles. The number of carbonyl (C=O) groups is 3. The van der Waals surface area contributed by atoms with Gasteiger partial charge in [0.1, 0.15) is 16.9 Å². The zero-order valence-electron chi connectivity index (χ0n) is 23.4. The summed E-state index contributed by atoms with van der Waals surface area (Å²) in [6, 6.07) is 15.8. The van der Waals surface area contributed by atoms with E-state index in [1.165, 1.54) is 28.9 Å². The lowest BCUT2D eigenvalue weighted by Gasteiger charge is -2.25. The molecule has 0 radical (unpaired) electrons. The SMILES string of the molecule is COCCOC(=O)C1=C(C)N=c2s/c(=C3\C(=O)N(C)c4ccccc43)c(=O)n2C1c1ccc(OC(=O)c2ccco2)cc1. The standard InChI is InChI=1S/C31H25N3O8S/c1-17-23(30(38)41-16-15-39-3)25(18-10-12-19(13-11-18)42-29(37)22-9-6-14-40-22)34-28(36)26(43-31(34)32-17)24-20-7-4-5-8-21(20)33(2)27(24)35/h4-14,25H,15-16H2,1-3H3/b26-24-. The van der Waals surface area contributed by atoms with Crippen LogP contribution in [0.25, 0.3) is 5.57 Å². The van der Waals surface area contributed by atoms with Gasteiger partial charge in [0.2, 0.25) is 5.76 Å². The summed E-state index contributed by atoms with van der Waals surface area (Å²) >= 11 is 1.09. The largest absolute Gasteiger partial charge is 0.460 e. The van der Waals surface area contributed by atoms with Gasteiger partial charge in [0.25, 0.3) is 11.5 Å². The van der Waals surface area contributed by atoms with Gasteiger partial charge in [-0.3, -0.25) is 14.2 Å². The van der Waals surface area contributed by atoms with Gasteiger partial charge in [-0.05, 0) is 42.8 Å². The van der Waals surface area contributed by atoms with Gasteiger partial charge in [0.05, 0.1) is 41.4 Å². The van der Waals surface area contributed by atoms with Crippen molar-refractivity contribution < 1.29 is 33.0 Å². The summed E-state index contributed by atoms with van der Waals surface area (Å²) in [6.07, 6.45) is 1.37. The van der Waals surface area contributed by atoms with Crippen LogP contribution in [0.4, 0.5) is 5.69 Å². The number of nitrogens with zero attached hydrogens (tertiary/aromatic N) is 3. The highest BCUT2D eigenvalue weighted by molar-refractivity contribution is 7.07. The third kappa shape index (κ3) is 4.90. The van der Waals surface area contributed by atoms with E-state index in [4.69, 9.17) is 18.6 Å². The lowest BCUT2D eigenvalue weighted by Crippen LogP contribution is -2.41. The Kier molecular flexibility index (Phi) is 7.38. The zero-order valence-corrected chi connectivity index (χ0v) is 24.2. The molecule has 6 rings (SSSR count). The Bertz CT molecular complexity index is 1970. The van der Waals surface area contributed by atoms with E-state index in [9.17, 15) is 19.2 Å². The Balaban J connectivity index is 1.48. The van der Waals surface area contributed by atoms with Crippen LogP contribution in [0.2, 0.25) is 0 Å². The Morgan fingerprint density at radius 1 is 1.00 bits per heavy atom. The first kappa shape index (κ1) is 28.1. The lowest BCUT2D eigenvalue weighted by atomic mass is 9.96. The van der Waals surface area contributed by atoms with Gasteiger partial charge in [0, 0.05) is 19.7 Å². The summed E-state index contributed by atoms with van der Waals surface area (Å²) in [7, 11) is 3.15. The lowest BCUT2D eigenvalue weighted by molar-refractivity contribution is -0.140. The van der Waals surface area contributed by atoms with Crippen molar-refractivity contribution in [3.8, 4) is 5.75 Å². The number of hydrogen-bond acceptors (Lipinski definition) is 10. The molecule has 12 heteroatoms. The number of benzene rings is 2. The average molecular weight is 600 g/mol. The topological polar surface area (TPSA) is 130 Å². The van der Waals surface area contributed by atoms with Crippen molar-refractivity contribution in [1.82, 2.24) is 4.57 Å². The minimum absolute atomic E-state index is 0.00664. The molecular weight excluding hydrogens is 574 g/mol.